The van der Waals surface area contributed by atoms with Crippen LogP contribution >= 0.6 is 0 Å². The zero-order valence-corrected chi connectivity index (χ0v) is 42.4. The van der Waals surface area contributed by atoms with Crippen molar-refractivity contribution >= 4 is 47.6 Å². The summed E-state index contributed by atoms with van der Waals surface area (Å²) in [7, 11) is 0. The van der Waals surface area contributed by atoms with Gasteiger partial charge in [-0.05, 0) is 88.5 Å². The quantitative estimate of drug-likeness (QED) is 0.0259. The minimum absolute atomic E-state index is 0.0171. The lowest BCUT2D eigenvalue weighted by Crippen LogP contribution is -2.59. The fourth-order valence-corrected chi connectivity index (χ4v) is 6.91. The van der Waals surface area contributed by atoms with Gasteiger partial charge in [0.2, 0.25) is 23.6 Å². The number of esters is 1. The third-order valence-corrected chi connectivity index (χ3v) is 11.4. The average molecular weight is 987 g/mol. The van der Waals surface area contributed by atoms with Crippen molar-refractivity contribution in [3.8, 4) is 5.75 Å². The number of hydrogen-bond donors (Lipinski definition) is 6. The number of unbranched alkanes of at least 4 members (excludes halogenated alkanes) is 1. The predicted octanol–water partition coefficient (Wildman–Crippen LogP) is 6.20. The van der Waals surface area contributed by atoms with Crippen LogP contribution in [0.15, 0.2) is 91.0 Å². The van der Waals surface area contributed by atoms with Crippen molar-refractivity contribution in [1.29, 1.82) is 0 Å². The molecule has 0 radical (unpaired) electrons. The van der Waals surface area contributed by atoms with Crippen LogP contribution in [-0.2, 0) is 56.2 Å². The average Bonchev–Trinajstić information content (AvgIpc) is 3.35. The molecule has 3 rings (SSSR count). The molecule has 6 amide bonds. The topological polar surface area (TPSA) is 246 Å². The monoisotopic (exact) mass is 987 g/mol. The highest BCUT2D eigenvalue weighted by atomic mass is 16.6. The van der Waals surface area contributed by atoms with Crippen molar-refractivity contribution < 1.29 is 57.3 Å². The number of carbonyl (C=O) groups is 8. The third kappa shape index (κ3) is 22.5. The normalized spacial score (nSPS) is 14.0. The van der Waals surface area contributed by atoms with Crippen LogP contribution in [0.4, 0.5) is 9.59 Å². The number of hydrogen-bond acceptors (Lipinski definition) is 12. The largest absolute Gasteiger partial charge is 0.486 e. The van der Waals surface area contributed by atoms with Gasteiger partial charge in [-0.3, -0.25) is 28.8 Å². The smallest absolute Gasteiger partial charge is 0.408 e. The summed E-state index contributed by atoms with van der Waals surface area (Å²) in [6, 6.07) is 20.9. The summed E-state index contributed by atoms with van der Waals surface area (Å²) >= 11 is 0. The van der Waals surface area contributed by atoms with Gasteiger partial charge in [-0.1, -0.05) is 119 Å². The summed E-state index contributed by atoms with van der Waals surface area (Å²) in [5.41, 5.74) is 0.682. The zero-order valence-electron chi connectivity index (χ0n) is 42.4. The molecule has 0 aliphatic heterocycles. The van der Waals surface area contributed by atoms with Crippen LogP contribution in [0.2, 0.25) is 0 Å². The second-order valence-electron chi connectivity index (χ2n) is 18.5. The minimum atomic E-state index is -1.43. The van der Waals surface area contributed by atoms with E-state index in [0.29, 0.717) is 25.0 Å². The molecule has 7 atom stereocenters. The van der Waals surface area contributed by atoms with Crippen molar-refractivity contribution in [3.05, 3.63) is 102 Å². The number of benzene rings is 3. The van der Waals surface area contributed by atoms with Crippen LogP contribution in [0.25, 0.3) is 0 Å². The predicted molar refractivity (Wildman–Crippen MR) is 266 cm³/mol. The van der Waals surface area contributed by atoms with E-state index in [1.165, 1.54) is 6.92 Å². The molecule has 0 spiro atoms. The molecule has 18 nitrogen and oxygen atoms in total. The number of ether oxygens (including phenoxy) is 4. The molecule has 71 heavy (non-hydrogen) atoms. The highest BCUT2D eigenvalue weighted by Gasteiger charge is 2.34. The number of carbonyl (C=O) groups excluding carboxylic acids is 8. The first-order chi connectivity index (χ1) is 33.8. The Kier molecular flexibility index (Phi) is 25.1. The molecule has 0 bridgehead atoms. The molecule has 3 aromatic rings. The number of alkyl carbamates (subject to hydrolysis) is 2. The molecule has 18 heteroatoms. The first kappa shape index (κ1) is 58.3. The Balaban J connectivity index is 1.83. The molecule has 0 fully saturated rings. The summed E-state index contributed by atoms with van der Waals surface area (Å²) in [4.78, 5) is 108. The van der Waals surface area contributed by atoms with E-state index in [-0.39, 0.29) is 63.7 Å². The fraction of sp³-hybridized carbons (Fsp3) is 0.509. The van der Waals surface area contributed by atoms with E-state index < -0.39 is 83.5 Å². The van der Waals surface area contributed by atoms with E-state index in [1.54, 1.807) is 76.2 Å². The highest BCUT2D eigenvalue weighted by molar-refractivity contribution is 5.96. The fourth-order valence-electron chi connectivity index (χ4n) is 6.91. The Morgan fingerprint density at radius 1 is 0.549 bits per heavy atom. The van der Waals surface area contributed by atoms with Gasteiger partial charge in [0.15, 0.2) is 5.78 Å². The maximum Gasteiger partial charge on any atom is 0.408 e. The SMILES string of the molecule is CCC(C)C(NC(=O)C(C)NC(=O)C(CCC(=O)OCc1ccccc1)NC(=O)C(CCCCNC(=O)OCc1ccccc1)NC(=O)C(NC(=O)OC(C)(C)C)C(C)CC)C(=O)COc1ccccc1. The molecule has 3 aromatic carbocycles. The second kappa shape index (κ2) is 30.6. The summed E-state index contributed by atoms with van der Waals surface area (Å²) in [6.07, 6.45) is -0.390. The second-order valence-corrected chi connectivity index (χ2v) is 18.5. The standard InChI is InChI=1S/C53H74N6O12/c1-9-35(3)45(43(60)34-68-40-26-18-13-19-27-40)58-47(62)37(5)55-48(63)42(29-30-44(61)69-32-38-22-14-11-15-23-38)56-49(64)41(28-20-21-31-54-51(66)70-33-39-24-16-12-17-25-39)57-50(65)46(36(4)10-2)59-52(67)71-53(6,7)8/h11-19,22-27,35-37,41-42,45-46H,9-10,20-21,28-34H2,1-8H3,(H,54,66)(H,55,63)(H,56,64)(H,57,65)(H,58,62)(H,59,67). The van der Waals surface area contributed by atoms with Gasteiger partial charge < -0.3 is 50.8 Å². The van der Waals surface area contributed by atoms with Crippen LogP contribution in [-0.4, -0.2) is 96.5 Å². The number of amides is 6. The van der Waals surface area contributed by atoms with Gasteiger partial charge in [0.1, 0.15) is 55.3 Å². The lowest BCUT2D eigenvalue weighted by atomic mass is 9.95. The van der Waals surface area contributed by atoms with E-state index in [2.05, 4.69) is 31.9 Å². The van der Waals surface area contributed by atoms with Crippen molar-refractivity contribution in [3.63, 3.8) is 0 Å². The number of ketones is 1. The number of Topliss-reactive ketones (excluding diaryl/α,β-unsaturated/α-hetero) is 1. The first-order valence-corrected chi connectivity index (χ1v) is 24.4. The summed E-state index contributed by atoms with van der Waals surface area (Å²) in [5, 5.41) is 16.1. The maximum atomic E-state index is 14.4. The zero-order chi connectivity index (χ0) is 52.3. The van der Waals surface area contributed by atoms with Crippen LogP contribution in [0.5, 0.6) is 5.75 Å². The summed E-state index contributed by atoms with van der Waals surface area (Å²) in [5.74, 6) is -4.26. The first-order valence-electron chi connectivity index (χ1n) is 24.4. The summed E-state index contributed by atoms with van der Waals surface area (Å²) < 4.78 is 21.8. The molecular weight excluding hydrogens is 913 g/mol. The Morgan fingerprint density at radius 3 is 1.65 bits per heavy atom. The molecule has 7 unspecified atom stereocenters. The number of rotatable bonds is 29. The van der Waals surface area contributed by atoms with E-state index in [4.69, 9.17) is 18.9 Å². The molecule has 0 aromatic heterocycles. The van der Waals surface area contributed by atoms with Crippen LogP contribution in [0.1, 0.15) is 111 Å². The lowest BCUT2D eigenvalue weighted by molar-refractivity contribution is -0.145. The maximum absolute atomic E-state index is 14.4. The van der Waals surface area contributed by atoms with Crippen LogP contribution in [0.3, 0.4) is 0 Å². The van der Waals surface area contributed by atoms with Crippen molar-refractivity contribution in [2.45, 2.75) is 149 Å². The Labute approximate surface area is 417 Å². The van der Waals surface area contributed by atoms with Gasteiger partial charge in [-0.25, -0.2) is 9.59 Å². The van der Waals surface area contributed by atoms with Crippen molar-refractivity contribution in [2.24, 2.45) is 11.8 Å². The van der Waals surface area contributed by atoms with Crippen LogP contribution < -0.4 is 36.6 Å². The van der Waals surface area contributed by atoms with Gasteiger partial charge in [0, 0.05) is 13.0 Å². The Morgan fingerprint density at radius 2 is 1.07 bits per heavy atom. The van der Waals surface area contributed by atoms with Gasteiger partial charge >= 0.3 is 18.2 Å². The van der Waals surface area contributed by atoms with Crippen LogP contribution in [0, 0.1) is 11.8 Å². The molecule has 0 saturated carbocycles. The van der Waals surface area contributed by atoms with Gasteiger partial charge in [-0.15, -0.1) is 0 Å². The molecule has 6 N–H and O–H groups in total. The number of para-hydroxylation sites is 1. The van der Waals surface area contributed by atoms with E-state index in [1.807, 2.05) is 63.2 Å². The molecular formula is C53H74N6O12. The van der Waals surface area contributed by atoms with Crippen molar-refractivity contribution in [2.75, 3.05) is 13.2 Å². The molecule has 0 aliphatic rings. The molecule has 0 saturated heterocycles. The van der Waals surface area contributed by atoms with E-state index in [0.717, 1.165) is 11.1 Å². The molecule has 0 aliphatic carbocycles. The minimum Gasteiger partial charge on any atom is -0.486 e. The lowest BCUT2D eigenvalue weighted by Gasteiger charge is -2.29. The Hall–Kier alpha value is -6.98. The van der Waals surface area contributed by atoms with Crippen molar-refractivity contribution in [1.82, 2.24) is 31.9 Å². The van der Waals surface area contributed by atoms with E-state index >= 15 is 0 Å². The number of nitrogens with one attached hydrogen (secondary N) is 6. The Bertz CT molecular complexity index is 2150. The third-order valence-electron chi connectivity index (χ3n) is 11.4. The molecule has 388 valence electrons. The highest BCUT2D eigenvalue weighted by Crippen LogP contribution is 2.15. The van der Waals surface area contributed by atoms with Gasteiger partial charge in [0.25, 0.3) is 0 Å². The van der Waals surface area contributed by atoms with Gasteiger partial charge in [0.05, 0.1) is 6.04 Å². The summed E-state index contributed by atoms with van der Waals surface area (Å²) in [6.45, 7) is 13.6. The van der Waals surface area contributed by atoms with E-state index in [9.17, 15) is 38.4 Å². The molecule has 0 heterocycles. The van der Waals surface area contributed by atoms with Gasteiger partial charge in [-0.2, -0.15) is 0 Å².